The molecule has 1 fully saturated rings. The Labute approximate surface area is 181 Å². The molecule has 1 unspecified atom stereocenters. The minimum atomic E-state index is 0. The largest absolute Gasteiger partial charge is 0.355 e. The number of aliphatic imine (C=N–C) groups is 1. The maximum atomic E-state index is 12.1. The Hall–Kier alpha value is -1.31. The zero-order valence-electron chi connectivity index (χ0n) is 16.7. The van der Waals surface area contributed by atoms with E-state index in [4.69, 9.17) is 0 Å². The van der Waals surface area contributed by atoms with Gasteiger partial charge in [-0.3, -0.25) is 9.79 Å². The molecule has 1 aliphatic carbocycles. The third-order valence-corrected chi connectivity index (χ3v) is 5.01. The molecule has 0 spiro atoms. The first-order valence-corrected chi connectivity index (χ1v) is 9.98. The van der Waals surface area contributed by atoms with Crippen LogP contribution in [0.1, 0.15) is 51.0 Å². The van der Waals surface area contributed by atoms with Crippen LogP contribution in [0.25, 0.3) is 0 Å². The number of rotatable bonds is 8. The van der Waals surface area contributed by atoms with Gasteiger partial charge in [-0.05, 0) is 38.2 Å². The number of carbonyl (C=O) groups excluding carboxylic acids is 1. The second-order valence-corrected chi connectivity index (χ2v) is 7.19. The predicted molar refractivity (Wildman–Crippen MR) is 124 cm³/mol. The van der Waals surface area contributed by atoms with Crippen LogP contribution in [0, 0.1) is 5.92 Å². The topological polar surface area (TPSA) is 65.5 Å². The van der Waals surface area contributed by atoms with Gasteiger partial charge in [0.05, 0.1) is 0 Å². The van der Waals surface area contributed by atoms with E-state index in [1.807, 2.05) is 6.07 Å². The second-order valence-electron chi connectivity index (χ2n) is 7.19. The van der Waals surface area contributed by atoms with Gasteiger partial charge >= 0.3 is 0 Å². The zero-order chi connectivity index (χ0) is 18.6. The summed E-state index contributed by atoms with van der Waals surface area (Å²) in [5.41, 5.74) is 1.36. The molecular formula is C21H35IN4O. The first-order chi connectivity index (χ1) is 12.7. The van der Waals surface area contributed by atoms with Gasteiger partial charge in [0, 0.05) is 32.1 Å². The summed E-state index contributed by atoms with van der Waals surface area (Å²) in [5.74, 6) is 1.22. The summed E-state index contributed by atoms with van der Waals surface area (Å²) in [6, 6.07) is 10.9. The molecule has 1 amide bonds. The fraction of sp³-hybridized carbons (Fsp3) is 0.619. The van der Waals surface area contributed by atoms with E-state index in [2.05, 4.69) is 52.1 Å². The molecule has 0 heterocycles. The number of nitrogens with zero attached hydrogens (tertiary/aromatic N) is 1. The smallest absolute Gasteiger partial charge is 0.223 e. The van der Waals surface area contributed by atoms with E-state index in [-0.39, 0.29) is 35.8 Å². The van der Waals surface area contributed by atoms with Crippen molar-refractivity contribution in [3.63, 3.8) is 0 Å². The summed E-state index contributed by atoms with van der Waals surface area (Å²) < 4.78 is 0. The lowest BCUT2D eigenvalue weighted by Crippen LogP contribution is -2.45. The van der Waals surface area contributed by atoms with Gasteiger partial charge in [-0.1, -0.05) is 49.6 Å². The summed E-state index contributed by atoms with van der Waals surface area (Å²) in [6.45, 7) is 3.48. The van der Waals surface area contributed by atoms with E-state index in [1.54, 1.807) is 7.05 Å². The van der Waals surface area contributed by atoms with Gasteiger partial charge in [0.25, 0.3) is 0 Å². The quantitative estimate of drug-likeness (QED) is 0.228. The maximum absolute atomic E-state index is 12.1. The maximum Gasteiger partial charge on any atom is 0.223 e. The third-order valence-electron chi connectivity index (χ3n) is 5.01. The number of nitrogens with one attached hydrogen (secondary N) is 3. The molecule has 1 aromatic rings. The van der Waals surface area contributed by atoms with E-state index >= 15 is 0 Å². The Bertz CT molecular complexity index is 559. The normalized spacial score (nSPS) is 16.1. The molecule has 152 valence electrons. The fourth-order valence-electron chi connectivity index (χ4n) is 3.40. The Kier molecular flexibility index (Phi) is 12.1. The number of hydrogen-bond acceptors (Lipinski definition) is 2. The van der Waals surface area contributed by atoms with Crippen LogP contribution in [0.3, 0.4) is 0 Å². The molecule has 0 bridgehead atoms. The van der Waals surface area contributed by atoms with Crippen molar-refractivity contribution in [1.29, 1.82) is 0 Å². The molecule has 0 aliphatic heterocycles. The summed E-state index contributed by atoms with van der Waals surface area (Å²) in [5, 5.41) is 9.74. The average molecular weight is 486 g/mol. The molecule has 1 atom stereocenters. The molecule has 1 aliphatic rings. The number of guanidine groups is 1. The Morgan fingerprint density at radius 2 is 1.78 bits per heavy atom. The van der Waals surface area contributed by atoms with E-state index in [1.165, 1.54) is 24.8 Å². The number of amides is 1. The molecule has 0 saturated heterocycles. The van der Waals surface area contributed by atoms with Crippen LogP contribution in [0.2, 0.25) is 0 Å². The van der Waals surface area contributed by atoms with Crippen molar-refractivity contribution in [2.45, 2.75) is 57.9 Å². The molecule has 1 aromatic carbocycles. The van der Waals surface area contributed by atoms with Crippen molar-refractivity contribution in [1.82, 2.24) is 16.0 Å². The average Bonchev–Trinajstić information content (AvgIpc) is 2.70. The monoisotopic (exact) mass is 486 g/mol. The van der Waals surface area contributed by atoms with Gasteiger partial charge in [0.15, 0.2) is 5.96 Å². The van der Waals surface area contributed by atoms with Gasteiger partial charge in [-0.15, -0.1) is 24.0 Å². The van der Waals surface area contributed by atoms with Crippen LogP contribution in [0.5, 0.6) is 0 Å². The van der Waals surface area contributed by atoms with Crippen molar-refractivity contribution in [2.75, 3.05) is 20.1 Å². The molecule has 5 nitrogen and oxygen atoms in total. The van der Waals surface area contributed by atoms with Crippen molar-refractivity contribution >= 4 is 35.8 Å². The van der Waals surface area contributed by atoms with Gasteiger partial charge < -0.3 is 16.0 Å². The van der Waals surface area contributed by atoms with Gasteiger partial charge in [-0.25, -0.2) is 0 Å². The van der Waals surface area contributed by atoms with E-state index < -0.39 is 0 Å². The standard InChI is InChI=1S/C21H34N4O.HI/c1-17(13-14-18-9-5-3-6-10-18)25-21(22-2)24-16-15-23-20(26)19-11-7-4-8-12-19;/h3,5-6,9-10,17,19H,4,7-8,11-16H2,1-2H3,(H,23,26)(H2,22,24,25);1H. The first-order valence-electron chi connectivity index (χ1n) is 9.98. The van der Waals surface area contributed by atoms with Crippen LogP contribution in [0.15, 0.2) is 35.3 Å². The molecule has 2 rings (SSSR count). The minimum absolute atomic E-state index is 0. The number of aryl methyl sites for hydroxylation is 1. The van der Waals surface area contributed by atoms with E-state index in [0.717, 1.165) is 31.6 Å². The van der Waals surface area contributed by atoms with Crippen LogP contribution >= 0.6 is 24.0 Å². The number of hydrogen-bond donors (Lipinski definition) is 3. The van der Waals surface area contributed by atoms with Crippen LogP contribution in [-0.2, 0) is 11.2 Å². The van der Waals surface area contributed by atoms with Crippen molar-refractivity contribution in [3.8, 4) is 0 Å². The lowest BCUT2D eigenvalue weighted by Gasteiger charge is -2.21. The SMILES string of the molecule is CN=C(NCCNC(=O)C1CCCCC1)NC(C)CCc1ccccc1.I. The van der Waals surface area contributed by atoms with Crippen molar-refractivity contribution < 1.29 is 4.79 Å². The highest BCUT2D eigenvalue weighted by atomic mass is 127. The third kappa shape index (κ3) is 9.44. The fourth-order valence-corrected chi connectivity index (χ4v) is 3.40. The summed E-state index contributed by atoms with van der Waals surface area (Å²) in [4.78, 5) is 16.4. The minimum Gasteiger partial charge on any atom is -0.355 e. The van der Waals surface area contributed by atoms with Crippen LogP contribution in [-0.4, -0.2) is 38.0 Å². The van der Waals surface area contributed by atoms with Gasteiger partial charge in [-0.2, -0.15) is 0 Å². The van der Waals surface area contributed by atoms with Crippen LogP contribution < -0.4 is 16.0 Å². The number of benzene rings is 1. The Balaban J connectivity index is 0.00000364. The van der Waals surface area contributed by atoms with E-state index in [0.29, 0.717) is 19.1 Å². The molecule has 3 N–H and O–H groups in total. The van der Waals surface area contributed by atoms with Crippen molar-refractivity contribution in [3.05, 3.63) is 35.9 Å². The van der Waals surface area contributed by atoms with E-state index in [9.17, 15) is 4.79 Å². The molecular weight excluding hydrogens is 451 g/mol. The Morgan fingerprint density at radius 1 is 1.11 bits per heavy atom. The number of halogens is 1. The summed E-state index contributed by atoms with van der Waals surface area (Å²) in [7, 11) is 1.78. The lowest BCUT2D eigenvalue weighted by atomic mass is 9.89. The van der Waals surface area contributed by atoms with Gasteiger partial charge in [0.1, 0.15) is 0 Å². The highest BCUT2D eigenvalue weighted by Crippen LogP contribution is 2.23. The summed E-state index contributed by atoms with van der Waals surface area (Å²) in [6.07, 6.45) is 7.83. The second kappa shape index (κ2) is 13.8. The highest BCUT2D eigenvalue weighted by molar-refractivity contribution is 14.0. The molecule has 0 aromatic heterocycles. The summed E-state index contributed by atoms with van der Waals surface area (Å²) >= 11 is 0. The first kappa shape index (κ1) is 23.7. The van der Waals surface area contributed by atoms with Crippen molar-refractivity contribution in [2.24, 2.45) is 10.9 Å². The highest BCUT2D eigenvalue weighted by Gasteiger charge is 2.20. The molecule has 27 heavy (non-hydrogen) atoms. The lowest BCUT2D eigenvalue weighted by molar-refractivity contribution is -0.125. The van der Waals surface area contributed by atoms with Crippen LogP contribution in [0.4, 0.5) is 0 Å². The predicted octanol–water partition coefficient (Wildman–Crippen LogP) is 3.49. The zero-order valence-corrected chi connectivity index (χ0v) is 19.0. The number of carbonyl (C=O) groups is 1. The Morgan fingerprint density at radius 3 is 2.44 bits per heavy atom. The van der Waals surface area contributed by atoms with Gasteiger partial charge in [0.2, 0.25) is 5.91 Å². The molecule has 6 heteroatoms. The molecule has 0 radical (unpaired) electrons. The molecule has 1 saturated carbocycles.